The molecule has 0 aliphatic heterocycles. The zero-order valence-corrected chi connectivity index (χ0v) is 10.7. The summed E-state index contributed by atoms with van der Waals surface area (Å²) in [6.45, 7) is 4.59. The summed E-state index contributed by atoms with van der Waals surface area (Å²) in [5, 5.41) is 8.74. The highest BCUT2D eigenvalue weighted by Crippen LogP contribution is 2.34. The number of hydrogen-bond donors (Lipinski definition) is 1. The quantitative estimate of drug-likeness (QED) is 0.740. The van der Waals surface area contributed by atoms with Gasteiger partial charge in [0.15, 0.2) is 0 Å². The van der Waals surface area contributed by atoms with Crippen molar-refractivity contribution >= 4 is 5.97 Å². The van der Waals surface area contributed by atoms with E-state index in [2.05, 4.69) is 13.8 Å². The van der Waals surface area contributed by atoms with Gasteiger partial charge >= 0.3 is 5.97 Å². The lowest BCUT2D eigenvalue weighted by Gasteiger charge is -2.28. The van der Waals surface area contributed by atoms with Gasteiger partial charge in [-0.05, 0) is 30.6 Å². The van der Waals surface area contributed by atoms with Gasteiger partial charge in [0.1, 0.15) is 0 Å². The second-order valence-electron chi connectivity index (χ2n) is 5.58. The van der Waals surface area contributed by atoms with E-state index in [1.807, 2.05) is 0 Å². The van der Waals surface area contributed by atoms with Crippen LogP contribution in [-0.4, -0.2) is 11.1 Å². The van der Waals surface area contributed by atoms with Crippen LogP contribution in [0.4, 0.5) is 0 Å². The molecule has 2 nitrogen and oxygen atoms in total. The Morgan fingerprint density at radius 1 is 1.25 bits per heavy atom. The van der Waals surface area contributed by atoms with E-state index >= 15 is 0 Å². The van der Waals surface area contributed by atoms with Gasteiger partial charge < -0.3 is 5.11 Å². The van der Waals surface area contributed by atoms with Gasteiger partial charge in [-0.15, -0.1) is 0 Å². The molecule has 1 rings (SSSR count). The lowest BCUT2D eigenvalue weighted by Crippen LogP contribution is -2.17. The highest BCUT2D eigenvalue weighted by Gasteiger charge is 2.22. The molecule has 2 heteroatoms. The first kappa shape index (κ1) is 13.5. The molecule has 0 aromatic carbocycles. The minimum Gasteiger partial charge on any atom is -0.481 e. The summed E-state index contributed by atoms with van der Waals surface area (Å²) in [5.41, 5.74) is 0. The molecule has 0 amide bonds. The smallest absolute Gasteiger partial charge is 0.303 e. The third kappa shape index (κ3) is 5.00. The maximum Gasteiger partial charge on any atom is 0.303 e. The Labute approximate surface area is 99.4 Å². The third-order valence-electron chi connectivity index (χ3n) is 4.19. The third-order valence-corrected chi connectivity index (χ3v) is 4.19. The van der Waals surface area contributed by atoms with Crippen LogP contribution in [-0.2, 0) is 4.79 Å². The Balaban J connectivity index is 2.14. The van der Waals surface area contributed by atoms with Crippen LogP contribution >= 0.6 is 0 Å². The zero-order chi connectivity index (χ0) is 12.0. The molecule has 0 aromatic heterocycles. The summed E-state index contributed by atoms with van der Waals surface area (Å²) < 4.78 is 0. The second kappa shape index (κ2) is 6.93. The normalized spacial score (nSPS) is 27.6. The molecule has 1 aliphatic carbocycles. The molecule has 1 saturated carbocycles. The largest absolute Gasteiger partial charge is 0.481 e. The summed E-state index contributed by atoms with van der Waals surface area (Å²) in [6.07, 6.45) is 9.17. The summed E-state index contributed by atoms with van der Waals surface area (Å²) in [5.74, 6) is 1.57. The van der Waals surface area contributed by atoms with E-state index in [0.717, 1.165) is 24.7 Å². The first-order valence-corrected chi connectivity index (χ1v) is 6.83. The van der Waals surface area contributed by atoms with Crippen molar-refractivity contribution in [2.45, 2.75) is 65.2 Å². The fourth-order valence-electron chi connectivity index (χ4n) is 2.70. The Morgan fingerprint density at radius 3 is 2.31 bits per heavy atom. The molecule has 1 aliphatic rings. The molecular weight excluding hydrogens is 200 g/mol. The van der Waals surface area contributed by atoms with Crippen molar-refractivity contribution < 1.29 is 9.90 Å². The standard InChI is InChI=1S/C14H26O2/c1-3-11(2)4-5-12-6-8-13(9-7-12)10-14(15)16/h11-13H,3-10H2,1-2H3,(H,15,16)/t11?,12-,13-. The number of carboxylic acids is 1. The second-order valence-corrected chi connectivity index (χ2v) is 5.58. The average molecular weight is 226 g/mol. The molecule has 1 N–H and O–H groups in total. The van der Waals surface area contributed by atoms with E-state index in [9.17, 15) is 4.79 Å². The summed E-state index contributed by atoms with van der Waals surface area (Å²) in [6, 6.07) is 0. The summed E-state index contributed by atoms with van der Waals surface area (Å²) in [7, 11) is 0. The lowest BCUT2D eigenvalue weighted by atomic mass is 9.78. The lowest BCUT2D eigenvalue weighted by molar-refractivity contribution is -0.138. The Hall–Kier alpha value is -0.530. The minimum atomic E-state index is -0.622. The molecular formula is C14H26O2. The van der Waals surface area contributed by atoms with E-state index in [1.54, 1.807) is 0 Å². The number of carboxylic acid groups (broad SMARTS) is 1. The Kier molecular flexibility index (Phi) is 5.86. The molecule has 94 valence electrons. The van der Waals surface area contributed by atoms with Gasteiger partial charge in [0.2, 0.25) is 0 Å². The molecule has 0 saturated heterocycles. The minimum absolute atomic E-state index is 0.387. The van der Waals surface area contributed by atoms with Gasteiger partial charge in [-0.2, -0.15) is 0 Å². The van der Waals surface area contributed by atoms with Crippen LogP contribution < -0.4 is 0 Å². The van der Waals surface area contributed by atoms with Crippen molar-refractivity contribution in [3.63, 3.8) is 0 Å². The van der Waals surface area contributed by atoms with Crippen LogP contribution in [0.5, 0.6) is 0 Å². The highest BCUT2D eigenvalue weighted by atomic mass is 16.4. The van der Waals surface area contributed by atoms with Crippen molar-refractivity contribution in [3.05, 3.63) is 0 Å². The van der Waals surface area contributed by atoms with Gasteiger partial charge in [-0.1, -0.05) is 46.0 Å². The van der Waals surface area contributed by atoms with Crippen LogP contribution in [0, 0.1) is 17.8 Å². The topological polar surface area (TPSA) is 37.3 Å². The van der Waals surface area contributed by atoms with Crippen molar-refractivity contribution in [3.8, 4) is 0 Å². The molecule has 1 atom stereocenters. The molecule has 0 radical (unpaired) electrons. The fourth-order valence-corrected chi connectivity index (χ4v) is 2.70. The summed E-state index contributed by atoms with van der Waals surface area (Å²) in [4.78, 5) is 10.6. The van der Waals surface area contributed by atoms with Crippen LogP contribution in [0.15, 0.2) is 0 Å². The van der Waals surface area contributed by atoms with Crippen molar-refractivity contribution in [2.75, 3.05) is 0 Å². The van der Waals surface area contributed by atoms with Gasteiger partial charge in [0, 0.05) is 6.42 Å². The maximum atomic E-state index is 10.6. The zero-order valence-electron chi connectivity index (χ0n) is 10.7. The van der Waals surface area contributed by atoms with Crippen molar-refractivity contribution in [2.24, 2.45) is 17.8 Å². The number of aliphatic carboxylic acids is 1. The van der Waals surface area contributed by atoms with Crippen LogP contribution in [0.1, 0.15) is 65.2 Å². The van der Waals surface area contributed by atoms with E-state index in [0.29, 0.717) is 12.3 Å². The van der Waals surface area contributed by atoms with Crippen LogP contribution in [0.2, 0.25) is 0 Å². The van der Waals surface area contributed by atoms with E-state index in [1.165, 1.54) is 32.1 Å². The molecule has 0 heterocycles. The van der Waals surface area contributed by atoms with Crippen molar-refractivity contribution in [1.82, 2.24) is 0 Å². The number of hydrogen-bond acceptors (Lipinski definition) is 1. The molecule has 16 heavy (non-hydrogen) atoms. The van der Waals surface area contributed by atoms with E-state index in [-0.39, 0.29) is 0 Å². The maximum absolute atomic E-state index is 10.6. The number of rotatable bonds is 6. The monoisotopic (exact) mass is 226 g/mol. The van der Waals surface area contributed by atoms with E-state index in [4.69, 9.17) is 5.11 Å². The molecule has 0 aromatic rings. The molecule has 1 unspecified atom stereocenters. The van der Waals surface area contributed by atoms with Gasteiger partial charge in [-0.3, -0.25) is 4.79 Å². The SMILES string of the molecule is CCC(C)CC[C@H]1CC[C@H](CC(=O)O)CC1. The fraction of sp³-hybridized carbons (Fsp3) is 0.929. The summed E-state index contributed by atoms with van der Waals surface area (Å²) >= 11 is 0. The van der Waals surface area contributed by atoms with Crippen molar-refractivity contribution in [1.29, 1.82) is 0 Å². The molecule has 1 fully saturated rings. The van der Waals surface area contributed by atoms with Crippen LogP contribution in [0.25, 0.3) is 0 Å². The Morgan fingerprint density at radius 2 is 1.81 bits per heavy atom. The molecule has 0 spiro atoms. The highest BCUT2D eigenvalue weighted by molar-refractivity contribution is 5.67. The first-order chi connectivity index (χ1) is 7.61. The van der Waals surface area contributed by atoms with Gasteiger partial charge in [0.05, 0.1) is 0 Å². The predicted octanol–water partition coefficient (Wildman–Crippen LogP) is 4.09. The van der Waals surface area contributed by atoms with Gasteiger partial charge in [0.25, 0.3) is 0 Å². The van der Waals surface area contributed by atoms with E-state index < -0.39 is 5.97 Å². The average Bonchev–Trinajstić information content (AvgIpc) is 2.27. The first-order valence-electron chi connectivity index (χ1n) is 6.83. The Bertz CT molecular complexity index is 205. The predicted molar refractivity (Wildman–Crippen MR) is 66.4 cm³/mol. The van der Waals surface area contributed by atoms with Gasteiger partial charge in [-0.25, -0.2) is 0 Å². The molecule has 0 bridgehead atoms. The van der Waals surface area contributed by atoms with Crippen LogP contribution in [0.3, 0.4) is 0 Å². The number of carbonyl (C=O) groups is 1.